The molecule has 14 rings (SSSR count). The van der Waals surface area contributed by atoms with Gasteiger partial charge >= 0.3 is 18.0 Å². The Hall–Kier alpha value is -15.7. The molecule has 0 spiro atoms. The molecule has 12 aromatic carbocycles. The van der Waals surface area contributed by atoms with Gasteiger partial charge in [0.2, 0.25) is 35.4 Å². The van der Waals surface area contributed by atoms with Crippen molar-refractivity contribution in [2.45, 2.75) is 100 Å². The Morgan fingerprint density at radius 3 is 1.41 bits per heavy atom. The number of amides is 8. The van der Waals surface area contributed by atoms with Crippen LogP contribution < -0.4 is 52.0 Å². The number of hydrogen-bond acceptors (Lipinski definition) is 15. The summed E-state index contributed by atoms with van der Waals surface area (Å²) in [7, 11) is 0. The summed E-state index contributed by atoms with van der Waals surface area (Å²) in [6, 6.07) is 92.7. The van der Waals surface area contributed by atoms with Crippen LogP contribution in [0.1, 0.15) is 86.4 Å². The summed E-state index contributed by atoms with van der Waals surface area (Å²) in [5.74, 6) is -7.41. The number of fused-ring (bicyclic) bond motifs is 4. The minimum absolute atomic E-state index is 0.00508. The molecule has 8 amide bonds. The van der Waals surface area contributed by atoms with Gasteiger partial charge in [-0.25, -0.2) is 4.79 Å². The number of para-hydroxylation sites is 3. The molecule has 13 aromatic rings. The van der Waals surface area contributed by atoms with Gasteiger partial charge < -0.3 is 71.2 Å². The summed E-state index contributed by atoms with van der Waals surface area (Å²) >= 11 is 0. The molecule has 24 nitrogen and oxygen atoms in total. The number of hydrogen-bond donors (Lipinski definition) is 9. The zero-order valence-electron chi connectivity index (χ0n) is 69.4. The molecule has 1 aromatic heterocycles. The van der Waals surface area contributed by atoms with Crippen LogP contribution >= 0.6 is 0 Å². The highest BCUT2D eigenvalue weighted by Crippen LogP contribution is 2.45. The number of esters is 2. The molecular formula is C103H95N9O15. The number of H-pyrrole nitrogens is 1. The van der Waals surface area contributed by atoms with Crippen molar-refractivity contribution in [1.82, 2.24) is 42.2 Å². The first-order valence-electron chi connectivity index (χ1n) is 41.9. The number of benzene rings is 12. The third-order valence-electron chi connectivity index (χ3n) is 21.9. The van der Waals surface area contributed by atoms with E-state index >= 15 is 19.2 Å². The van der Waals surface area contributed by atoms with Gasteiger partial charge in [-0.15, -0.1) is 0 Å². The lowest BCUT2D eigenvalue weighted by Crippen LogP contribution is -2.59. The molecule has 0 radical (unpaired) electrons. The minimum Gasteiger partial charge on any atom is -0.489 e. The predicted molar refractivity (Wildman–Crippen MR) is 480 cm³/mol. The molecular weight excluding hydrogens is 1600 g/mol. The van der Waals surface area contributed by atoms with Gasteiger partial charge in [0.05, 0.1) is 12.1 Å². The topological polar surface area (TPSA) is 329 Å². The van der Waals surface area contributed by atoms with Crippen LogP contribution in [-0.4, -0.2) is 114 Å². The van der Waals surface area contributed by atoms with Gasteiger partial charge in [0.1, 0.15) is 80.2 Å². The lowest BCUT2D eigenvalue weighted by atomic mass is 9.77. The number of carbonyl (C=O) groups is 10. The van der Waals surface area contributed by atoms with Crippen LogP contribution in [0, 0.1) is 0 Å². The Kier molecular flexibility index (Phi) is 29.9. The van der Waals surface area contributed by atoms with Gasteiger partial charge in [0.15, 0.2) is 6.61 Å². The second-order valence-corrected chi connectivity index (χ2v) is 30.6. The number of nitrogens with one attached hydrogen (secondary N) is 9. The first-order chi connectivity index (χ1) is 62.0. The Balaban J connectivity index is 0.737. The quantitative estimate of drug-likeness (QED) is 0.00979. The Morgan fingerprint density at radius 1 is 0.370 bits per heavy atom. The molecule has 642 valence electrons. The van der Waals surface area contributed by atoms with Gasteiger partial charge in [-0.05, 0) is 109 Å². The normalized spacial score (nSPS) is 12.6. The second kappa shape index (κ2) is 43.4. The molecule has 1 aliphatic rings. The van der Waals surface area contributed by atoms with Gasteiger partial charge in [0, 0.05) is 48.7 Å². The predicted octanol–water partition coefficient (Wildman–Crippen LogP) is 13.5. The second-order valence-electron chi connectivity index (χ2n) is 30.6. The highest BCUT2D eigenvalue weighted by Gasteiger charge is 2.40. The van der Waals surface area contributed by atoms with E-state index in [1.807, 2.05) is 182 Å². The smallest absolute Gasteiger partial charge is 0.407 e. The Morgan fingerprint density at radius 2 is 0.827 bits per heavy atom. The fraction of sp³-hybridized carbons (Fsp3) is 0.184. The van der Waals surface area contributed by atoms with Crippen LogP contribution in [0.5, 0.6) is 11.5 Å². The number of alkyl carbamates (subject to hydrolysis) is 1. The van der Waals surface area contributed by atoms with Crippen molar-refractivity contribution in [3.63, 3.8) is 0 Å². The molecule has 1 aliphatic carbocycles. The number of anilines is 1. The van der Waals surface area contributed by atoms with Crippen molar-refractivity contribution in [3.8, 4) is 22.6 Å². The summed E-state index contributed by atoms with van der Waals surface area (Å²) in [6.07, 6.45) is -1.30. The zero-order chi connectivity index (χ0) is 88.1. The van der Waals surface area contributed by atoms with Gasteiger partial charge in [-0.3, -0.25) is 43.2 Å². The molecule has 0 saturated carbocycles. The molecule has 0 bridgehead atoms. The van der Waals surface area contributed by atoms with E-state index in [2.05, 4.69) is 47.5 Å². The first kappa shape index (κ1) is 87.6. The highest BCUT2D eigenvalue weighted by atomic mass is 16.6. The van der Waals surface area contributed by atoms with Crippen molar-refractivity contribution in [2.24, 2.45) is 0 Å². The first-order valence-corrected chi connectivity index (χ1v) is 41.9. The molecule has 0 aliphatic heterocycles. The van der Waals surface area contributed by atoms with Crippen LogP contribution in [-0.2, 0) is 102 Å². The van der Waals surface area contributed by atoms with Crippen LogP contribution in [0.15, 0.2) is 340 Å². The van der Waals surface area contributed by atoms with Gasteiger partial charge in [-0.2, -0.15) is 0 Å². The fourth-order valence-electron chi connectivity index (χ4n) is 15.4. The lowest BCUT2D eigenvalue weighted by molar-refractivity contribution is -0.148. The van der Waals surface area contributed by atoms with E-state index in [0.717, 1.165) is 27.8 Å². The van der Waals surface area contributed by atoms with E-state index in [0.29, 0.717) is 67.8 Å². The Labute approximate surface area is 734 Å². The fourth-order valence-corrected chi connectivity index (χ4v) is 15.4. The molecule has 127 heavy (non-hydrogen) atoms. The average molecular weight is 1700 g/mol. The molecule has 0 fully saturated rings. The van der Waals surface area contributed by atoms with Crippen molar-refractivity contribution in [2.75, 3.05) is 25.1 Å². The largest absolute Gasteiger partial charge is 0.489 e. The average Bonchev–Trinajstić information content (AvgIpc) is 1.34. The van der Waals surface area contributed by atoms with Gasteiger partial charge in [-0.1, -0.05) is 303 Å². The van der Waals surface area contributed by atoms with Crippen molar-refractivity contribution < 1.29 is 71.6 Å². The zero-order valence-corrected chi connectivity index (χ0v) is 69.4. The molecule has 1 heterocycles. The molecule has 9 N–H and O–H groups in total. The van der Waals surface area contributed by atoms with Crippen LogP contribution in [0.4, 0.5) is 10.5 Å². The summed E-state index contributed by atoms with van der Waals surface area (Å²) < 4.78 is 29.5. The van der Waals surface area contributed by atoms with Crippen molar-refractivity contribution >= 4 is 76.0 Å². The monoisotopic (exact) mass is 1700 g/mol. The summed E-state index contributed by atoms with van der Waals surface area (Å²) in [5, 5.41) is 23.3. The molecule has 24 heteroatoms. The third kappa shape index (κ3) is 23.8. The van der Waals surface area contributed by atoms with Gasteiger partial charge in [0.25, 0.3) is 5.91 Å². The van der Waals surface area contributed by atoms with E-state index in [-0.39, 0.29) is 56.4 Å². The molecule has 0 saturated heterocycles. The maximum atomic E-state index is 15.8. The number of aromatic amines is 1. The van der Waals surface area contributed by atoms with Crippen molar-refractivity contribution in [3.05, 3.63) is 401 Å². The van der Waals surface area contributed by atoms with E-state index in [4.69, 9.17) is 23.7 Å². The maximum Gasteiger partial charge on any atom is 0.407 e. The number of ether oxygens (including phenoxy) is 5. The SMILES string of the molecule is O=C(COc1ccccc1NC(=O)[C@H](Cc1ccc(OCc2ccccc2)cc1)NC(=O)OCC1c2ccccc2-c2ccccc21)N[C@@H](CCC(=O)NC(c1ccccc1)(c1ccccc1)c1ccccc1)C(=O)N[C@@H](Cc1c[nH]c2ccccc12)C(=O)N[C@@H](CC(=O)OCc1ccccc1)C(=O)N[C@@H](Cc1ccccc1)C(=O)NCC(=O)OCc1ccccc1. The molecule has 5 atom stereocenters. The highest BCUT2D eigenvalue weighted by molar-refractivity contribution is 6.00. The van der Waals surface area contributed by atoms with E-state index in [9.17, 15) is 28.8 Å². The maximum absolute atomic E-state index is 15.8. The minimum atomic E-state index is -1.82. The third-order valence-corrected chi connectivity index (χ3v) is 21.9. The summed E-state index contributed by atoms with van der Waals surface area (Å²) in [6.45, 7) is -1.41. The molecule has 0 unspecified atom stereocenters. The Bertz CT molecular complexity index is 5790. The van der Waals surface area contributed by atoms with E-state index in [1.54, 1.807) is 152 Å². The van der Waals surface area contributed by atoms with E-state index < -0.39 is 128 Å². The van der Waals surface area contributed by atoms with Crippen molar-refractivity contribution in [1.29, 1.82) is 0 Å². The standard InChI is InChI=1S/C103H95N9O15/c113-93(112-103(75-38-16-5-17-39-75,76-40-18-6-19-41-76)77-42-20-7-21-43-77)57-56-87(106-94(114)68-124-92-51-29-28-50-86(92)107-99(119)89(59-70-52-54-78(55-53-70)123-64-71-32-10-2-11-33-71)111-102(122)127-67-84-82-47-24-22-45-80(82)81-46-23-25-48-83(81)84)98(118)109-90(60-74-62-104-85-49-27-26-44-79(74)85)100(120)110-91(61-95(115)125-65-72-34-12-3-13-35-72)101(121)108-88(58-69-30-8-1-9-31-69)97(117)105-63-96(116)126-66-73-36-14-4-15-37-73/h1-55,62,84,87-91,104H,56-61,63-68H2,(H,105,117)(H,106,114)(H,107,119)(H,108,121)(H,109,118)(H,110,120)(H,111,122)(H,112,113)/t87-,88-,89-,90-,91-/m0/s1. The summed E-state index contributed by atoms with van der Waals surface area (Å²) in [4.78, 5) is 151. The van der Waals surface area contributed by atoms with Crippen LogP contribution in [0.2, 0.25) is 0 Å². The lowest BCUT2D eigenvalue weighted by Gasteiger charge is -2.37. The van der Waals surface area contributed by atoms with Crippen LogP contribution in [0.25, 0.3) is 22.0 Å². The number of carbonyl (C=O) groups excluding carboxylic acids is 10. The van der Waals surface area contributed by atoms with Crippen LogP contribution in [0.3, 0.4) is 0 Å². The van der Waals surface area contributed by atoms with E-state index in [1.165, 1.54) is 6.07 Å². The number of aromatic nitrogens is 1. The summed E-state index contributed by atoms with van der Waals surface area (Å²) in [5.41, 5.74) is 9.63. The number of rotatable bonds is 40.